The largest absolute Gasteiger partial charge is 0.339 e. The van der Waals surface area contributed by atoms with Crippen molar-refractivity contribution in [3.63, 3.8) is 0 Å². The Balaban J connectivity index is 1.50. The van der Waals surface area contributed by atoms with Gasteiger partial charge in [0.2, 0.25) is 0 Å². The summed E-state index contributed by atoms with van der Waals surface area (Å²) in [6.45, 7) is 4.27. The summed E-state index contributed by atoms with van der Waals surface area (Å²) in [7, 11) is 0. The van der Waals surface area contributed by atoms with E-state index < -0.39 is 0 Å². The average Bonchev–Trinajstić information content (AvgIpc) is 2.72. The van der Waals surface area contributed by atoms with Gasteiger partial charge < -0.3 is 10.6 Å². The molecule has 0 saturated carbocycles. The van der Waals surface area contributed by atoms with Gasteiger partial charge in [0.05, 0.1) is 0 Å². The van der Waals surface area contributed by atoms with Gasteiger partial charge in [0.15, 0.2) is 0 Å². The molecule has 0 aliphatic carbocycles. The Labute approximate surface area is 160 Å². The smallest absolute Gasteiger partial charge is 0.254 e. The number of nitrogens with two attached hydrogens (primary N) is 1. The number of hydrogen-bond acceptors (Lipinski definition) is 2. The minimum Gasteiger partial charge on any atom is -0.339 e. The fourth-order valence-electron chi connectivity index (χ4n) is 4.15. The summed E-state index contributed by atoms with van der Waals surface area (Å²) < 4.78 is 0. The summed E-state index contributed by atoms with van der Waals surface area (Å²) in [6.07, 6.45) is 2.01. The van der Waals surface area contributed by atoms with Gasteiger partial charge in [0.1, 0.15) is 0 Å². The molecule has 1 saturated heterocycles. The molecule has 3 heteroatoms. The van der Waals surface area contributed by atoms with E-state index in [1.165, 1.54) is 16.7 Å². The summed E-state index contributed by atoms with van der Waals surface area (Å²) in [5, 5.41) is 2.18. The Morgan fingerprint density at radius 2 is 1.81 bits per heavy atom. The second kappa shape index (κ2) is 7.53. The summed E-state index contributed by atoms with van der Waals surface area (Å²) in [5.74, 6) is 0.661. The Morgan fingerprint density at radius 3 is 2.59 bits per heavy atom. The number of piperidine rings is 1. The number of carbonyl (C=O) groups excluding carboxylic acids is 1. The first-order chi connectivity index (χ1) is 13.2. The quantitative estimate of drug-likeness (QED) is 0.742. The number of aryl methyl sites for hydroxylation is 1. The molecule has 1 aliphatic rings. The summed E-state index contributed by atoms with van der Waals surface area (Å²) >= 11 is 0. The highest BCUT2D eigenvalue weighted by atomic mass is 16.2. The second-order valence-electron chi connectivity index (χ2n) is 7.55. The van der Waals surface area contributed by atoms with Gasteiger partial charge in [-0.3, -0.25) is 4.79 Å². The molecule has 1 aliphatic heterocycles. The van der Waals surface area contributed by atoms with Crippen LogP contribution in [-0.2, 0) is 6.54 Å². The van der Waals surface area contributed by atoms with Crippen LogP contribution in [0.3, 0.4) is 0 Å². The van der Waals surface area contributed by atoms with Gasteiger partial charge in [-0.2, -0.15) is 0 Å². The number of fused-ring (bicyclic) bond motifs is 1. The van der Waals surface area contributed by atoms with Gasteiger partial charge in [0.25, 0.3) is 5.91 Å². The normalized spacial score (nSPS) is 15.3. The molecule has 1 amide bonds. The summed E-state index contributed by atoms with van der Waals surface area (Å²) in [4.78, 5) is 15.2. The highest BCUT2D eigenvalue weighted by Crippen LogP contribution is 2.30. The minimum atomic E-state index is 0.151. The van der Waals surface area contributed by atoms with Crippen LogP contribution in [-0.4, -0.2) is 23.9 Å². The number of benzene rings is 3. The Morgan fingerprint density at radius 1 is 1.04 bits per heavy atom. The minimum absolute atomic E-state index is 0.151. The van der Waals surface area contributed by atoms with Crippen LogP contribution < -0.4 is 5.73 Å². The molecule has 3 aromatic carbocycles. The van der Waals surface area contributed by atoms with Crippen LogP contribution in [0.1, 0.15) is 45.8 Å². The zero-order valence-electron chi connectivity index (χ0n) is 15.8. The van der Waals surface area contributed by atoms with Gasteiger partial charge in [-0.05, 0) is 53.6 Å². The van der Waals surface area contributed by atoms with Crippen LogP contribution in [0.25, 0.3) is 10.8 Å². The maximum absolute atomic E-state index is 13.2. The first-order valence-corrected chi connectivity index (χ1v) is 9.73. The predicted molar refractivity (Wildman–Crippen MR) is 111 cm³/mol. The lowest BCUT2D eigenvalue weighted by molar-refractivity contribution is 0.0715. The lowest BCUT2D eigenvalue weighted by atomic mass is 9.88. The number of carbonyl (C=O) groups is 1. The fourth-order valence-corrected chi connectivity index (χ4v) is 4.15. The van der Waals surface area contributed by atoms with Gasteiger partial charge in [-0.15, -0.1) is 0 Å². The SMILES string of the molecule is Cc1ccc2c(C(=O)N3CCC(c4cccc(CN)c4)CC3)cccc2c1. The zero-order valence-corrected chi connectivity index (χ0v) is 15.8. The van der Waals surface area contributed by atoms with Crippen LogP contribution in [0, 0.1) is 6.92 Å². The molecule has 1 fully saturated rings. The number of nitrogens with zero attached hydrogens (tertiary/aromatic N) is 1. The van der Waals surface area contributed by atoms with Crippen molar-refractivity contribution in [3.8, 4) is 0 Å². The molecular formula is C24H26N2O. The lowest BCUT2D eigenvalue weighted by Gasteiger charge is -2.32. The third-order valence-corrected chi connectivity index (χ3v) is 5.71. The van der Waals surface area contributed by atoms with E-state index in [1.54, 1.807) is 0 Å². The van der Waals surface area contributed by atoms with E-state index >= 15 is 0 Å². The first-order valence-electron chi connectivity index (χ1n) is 9.73. The molecule has 0 aromatic heterocycles. The van der Waals surface area contributed by atoms with E-state index in [9.17, 15) is 4.79 Å². The van der Waals surface area contributed by atoms with E-state index in [0.29, 0.717) is 12.5 Å². The molecule has 0 atom stereocenters. The highest BCUT2D eigenvalue weighted by molar-refractivity contribution is 6.07. The van der Waals surface area contributed by atoms with Crippen molar-refractivity contribution in [2.45, 2.75) is 32.2 Å². The molecule has 0 unspecified atom stereocenters. The van der Waals surface area contributed by atoms with Gasteiger partial charge in [-0.1, -0.05) is 60.2 Å². The van der Waals surface area contributed by atoms with E-state index in [4.69, 9.17) is 5.73 Å². The highest BCUT2D eigenvalue weighted by Gasteiger charge is 2.25. The van der Waals surface area contributed by atoms with Crippen molar-refractivity contribution in [2.75, 3.05) is 13.1 Å². The van der Waals surface area contributed by atoms with E-state index in [0.717, 1.165) is 42.3 Å². The number of rotatable bonds is 3. The molecule has 27 heavy (non-hydrogen) atoms. The molecule has 2 N–H and O–H groups in total. The first kappa shape index (κ1) is 17.7. The third kappa shape index (κ3) is 3.60. The van der Waals surface area contributed by atoms with Crippen molar-refractivity contribution in [1.82, 2.24) is 4.90 Å². The van der Waals surface area contributed by atoms with E-state index in [1.807, 2.05) is 17.0 Å². The monoisotopic (exact) mass is 358 g/mol. The standard InChI is InChI=1S/C24H26N2O/c1-17-8-9-22-21(14-17)6-3-7-23(22)24(27)26-12-10-19(11-13-26)20-5-2-4-18(15-20)16-25/h2-9,14-15,19H,10-13,16,25H2,1H3. The van der Waals surface area contributed by atoms with Gasteiger partial charge in [0, 0.05) is 25.2 Å². The number of likely N-dealkylation sites (tertiary alicyclic amines) is 1. The third-order valence-electron chi connectivity index (χ3n) is 5.71. The molecule has 3 aromatic rings. The Kier molecular flexibility index (Phi) is 4.95. The number of hydrogen-bond donors (Lipinski definition) is 1. The molecule has 4 rings (SSSR count). The molecule has 0 radical (unpaired) electrons. The molecule has 0 bridgehead atoms. The summed E-state index contributed by atoms with van der Waals surface area (Å²) in [5.41, 5.74) is 10.3. The predicted octanol–water partition coefficient (Wildman–Crippen LogP) is 4.63. The van der Waals surface area contributed by atoms with Crippen molar-refractivity contribution in [1.29, 1.82) is 0 Å². The summed E-state index contributed by atoms with van der Waals surface area (Å²) in [6, 6.07) is 20.9. The molecule has 3 nitrogen and oxygen atoms in total. The number of amides is 1. The van der Waals surface area contributed by atoms with Crippen LogP contribution in [0.4, 0.5) is 0 Å². The zero-order chi connectivity index (χ0) is 18.8. The topological polar surface area (TPSA) is 46.3 Å². The fraction of sp³-hybridized carbons (Fsp3) is 0.292. The maximum atomic E-state index is 13.2. The Bertz CT molecular complexity index is 971. The maximum Gasteiger partial charge on any atom is 0.254 e. The van der Waals surface area contributed by atoms with Crippen LogP contribution in [0.5, 0.6) is 0 Å². The van der Waals surface area contributed by atoms with Crippen molar-refractivity contribution < 1.29 is 4.79 Å². The van der Waals surface area contributed by atoms with Gasteiger partial charge in [-0.25, -0.2) is 0 Å². The van der Waals surface area contributed by atoms with Crippen LogP contribution in [0.15, 0.2) is 60.7 Å². The molecule has 0 spiro atoms. The lowest BCUT2D eigenvalue weighted by Crippen LogP contribution is -2.38. The molecular weight excluding hydrogens is 332 g/mol. The van der Waals surface area contributed by atoms with Crippen molar-refractivity contribution in [2.24, 2.45) is 5.73 Å². The molecule has 138 valence electrons. The van der Waals surface area contributed by atoms with Crippen LogP contribution >= 0.6 is 0 Å². The van der Waals surface area contributed by atoms with Crippen molar-refractivity contribution in [3.05, 3.63) is 82.9 Å². The van der Waals surface area contributed by atoms with Gasteiger partial charge >= 0.3 is 0 Å². The average molecular weight is 358 g/mol. The second-order valence-corrected chi connectivity index (χ2v) is 7.55. The van der Waals surface area contributed by atoms with Crippen molar-refractivity contribution >= 4 is 16.7 Å². The van der Waals surface area contributed by atoms with Crippen LogP contribution in [0.2, 0.25) is 0 Å². The van der Waals surface area contributed by atoms with E-state index in [2.05, 4.69) is 55.5 Å². The van der Waals surface area contributed by atoms with E-state index in [-0.39, 0.29) is 5.91 Å². The molecule has 1 heterocycles. The Hall–Kier alpha value is -2.65.